The van der Waals surface area contributed by atoms with E-state index < -0.39 is 6.29 Å². The largest absolute Gasteiger partial charge is 0.459 e. The first-order valence-electron chi connectivity index (χ1n) is 8.39. The summed E-state index contributed by atoms with van der Waals surface area (Å²) in [6.45, 7) is 1.71. The van der Waals surface area contributed by atoms with Gasteiger partial charge in [-0.1, -0.05) is 32.1 Å². The number of hydrogen-bond acceptors (Lipinski definition) is 4. The fraction of sp³-hybridized carbons (Fsp3) is 0.667. The zero-order chi connectivity index (χ0) is 15.8. The van der Waals surface area contributed by atoms with E-state index in [0.717, 1.165) is 31.3 Å². The highest BCUT2D eigenvalue weighted by molar-refractivity contribution is 5.89. The SMILES string of the molecule is CC1=C[C@H](O/C=C2\CCCCCCCCCC(=O)C2)OC1=O. The lowest BCUT2D eigenvalue weighted by Gasteiger charge is -2.12. The van der Waals surface area contributed by atoms with Crippen molar-refractivity contribution in [1.29, 1.82) is 0 Å². The molecule has 2 aliphatic rings. The maximum Gasteiger partial charge on any atom is 0.336 e. The maximum atomic E-state index is 12.0. The quantitative estimate of drug-likeness (QED) is 0.567. The number of carbonyl (C=O) groups excluding carboxylic acids is 2. The minimum Gasteiger partial charge on any atom is -0.459 e. The number of cyclic esters (lactones) is 1. The van der Waals surface area contributed by atoms with Gasteiger partial charge in [0, 0.05) is 24.5 Å². The summed E-state index contributed by atoms with van der Waals surface area (Å²) >= 11 is 0. The Morgan fingerprint density at radius 2 is 1.68 bits per heavy atom. The van der Waals surface area contributed by atoms with Crippen molar-refractivity contribution in [1.82, 2.24) is 0 Å². The summed E-state index contributed by atoms with van der Waals surface area (Å²) in [6, 6.07) is 0. The lowest BCUT2D eigenvalue weighted by Crippen LogP contribution is -2.10. The normalized spacial score (nSPS) is 26.9. The predicted molar refractivity (Wildman–Crippen MR) is 84.0 cm³/mol. The fourth-order valence-corrected chi connectivity index (χ4v) is 2.82. The first kappa shape index (κ1) is 16.8. The number of Topliss-reactive ketones (excluding diaryl/α,β-unsaturated/α-hetero) is 1. The van der Waals surface area contributed by atoms with Crippen molar-refractivity contribution < 1.29 is 19.1 Å². The van der Waals surface area contributed by atoms with Crippen molar-refractivity contribution in [3.8, 4) is 0 Å². The van der Waals surface area contributed by atoms with Crippen LogP contribution in [0.15, 0.2) is 23.5 Å². The van der Waals surface area contributed by atoms with Crippen molar-refractivity contribution >= 4 is 11.8 Å². The van der Waals surface area contributed by atoms with E-state index in [2.05, 4.69) is 0 Å². The molecule has 0 aromatic rings. The summed E-state index contributed by atoms with van der Waals surface area (Å²) < 4.78 is 10.6. The summed E-state index contributed by atoms with van der Waals surface area (Å²) in [5, 5.41) is 0. The second kappa shape index (κ2) is 8.76. The molecule has 0 aromatic carbocycles. The molecule has 1 heterocycles. The van der Waals surface area contributed by atoms with Crippen LogP contribution in [0.1, 0.15) is 71.1 Å². The molecule has 1 aliphatic heterocycles. The molecule has 4 nitrogen and oxygen atoms in total. The van der Waals surface area contributed by atoms with E-state index in [1.165, 1.54) is 25.7 Å². The standard InChI is InChI=1S/C18H26O4/c1-14-11-17(22-18(14)20)21-13-15-9-7-5-3-2-4-6-8-10-16(19)12-15/h11,13,17H,2-10,12H2,1H3/b15-13+/t17-/m1/s1. The molecular weight excluding hydrogens is 280 g/mol. The van der Waals surface area contributed by atoms with Gasteiger partial charge in [0.05, 0.1) is 6.26 Å². The Bertz CT molecular complexity index is 462. The Morgan fingerprint density at radius 1 is 1.05 bits per heavy atom. The minimum absolute atomic E-state index is 0.283. The number of allylic oxidation sites excluding steroid dienone is 1. The van der Waals surface area contributed by atoms with E-state index in [-0.39, 0.29) is 11.8 Å². The summed E-state index contributed by atoms with van der Waals surface area (Å²) in [6.07, 6.45) is 12.9. The highest BCUT2D eigenvalue weighted by Crippen LogP contribution is 2.21. The van der Waals surface area contributed by atoms with E-state index in [0.29, 0.717) is 18.4 Å². The third-order valence-corrected chi connectivity index (χ3v) is 4.18. The van der Waals surface area contributed by atoms with Gasteiger partial charge in [0.2, 0.25) is 0 Å². The minimum atomic E-state index is -0.642. The second-order valence-electron chi connectivity index (χ2n) is 6.23. The molecule has 4 heteroatoms. The molecule has 0 unspecified atom stereocenters. The molecule has 0 bridgehead atoms. The van der Waals surface area contributed by atoms with E-state index in [1.54, 1.807) is 19.3 Å². The average Bonchev–Trinajstić information content (AvgIpc) is 2.79. The monoisotopic (exact) mass is 306 g/mol. The number of ketones is 1. The molecule has 0 aromatic heterocycles. The molecule has 1 aliphatic carbocycles. The lowest BCUT2D eigenvalue weighted by atomic mass is 9.97. The molecule has 22 heavy (non-hydrogen) atoms. The molecule has 0 N–H and O–H groups in total. The van der Waals surface area contributed by atoms with Gasteiger partial charge in [0.25, 0.3) is 6.29 Å². The van der Waals surface area contributed by atoms with Crippen molar-refractivity contribution in [3.05, 3.63) is 23.5 Å². The average molecular weight is 306 g/mol. The van der Waals surface area contributed by atoms with Crippen LogP contribution in [0.5, 0.6) is 0 Å². The first-order valence-corrected chi connectivity index (χ1v) is 8.39. The Labute approximate surface area is 132 Å². The second-order valence-corrected chi connectivity index (χ2v) is 6.23. The molecule has 2 rings (SSSR count). The predicted octanol–water partition coefficient (Wildman–Crippen LogP) is 4.20. The third kappa shape index (κ3) is 5.66. The highest BCUT2D eigenvalue weighted by atomic mass is 16.7. The summed E-state index contributed by atoms with van der Waals surface area (Å²) in [5.74, 6) is -0.0521. The molecule has 0 radical (unpaired) electrons. The van der Waals surface area contributed by atoms with E-state index in [1.807, 2.05) is 0 Å². The number of rotatable bonds is 2. The van der Waals surface area contributed by atoms with E-state index in [9.17, 15) is 9.59 Å². The van der Waals surface area contributed by atoms with Crippen LogP contribution in [-0.2, 0) is 19.1 Å². The number of esters is 1. The molecule has 1 fully saturated rings. The molecular formula is C18H26O4. The molecule has 1 atom stereocenters. The van der Waals surface area contributed by atoms with Gasteiger partial charge in [-0.25, -0.2) is 4.79 Å². The molecule has 0 amide bonds. The van der Waals surface area contributed by atoms with Gasteiger partial charge in [-0.15, -0.1) is 0 Å². The zero-order valence-electron chi connectivity index (χ0n) is 13.4. The summed E-state index contributed by atoms with van der Waals surface area (Å²) in [7, 11) is 0. The summed E-state index contributed by atoms with van der Waals surface area (Å²) in [5.41, 5.74) is 1.58. The Morgan fingerprint density at radius 3 is 2.32 bits per heavy atom. The smallest absolute Gasteiger partial charge is 0.336 e. The van der Waals surface area contributed by atoms with Crippen LogP contribution in [-0.4, -0.2) is 18.0 Å². The molecule has 0 spiro atoms. The van der Waals surface area contributed by atoms with Gasteiger partial charge in [0.15, 0.2) is 0 Å². The van der Waals surface area contributed by atoms with Gasteiger partial charge in [-0.05, 0) is 31.8 Å². The van der Waals surface area contributed by atoms with Crippen LogP contribution in [0.3, 0.4) is 0 Å². The van der Waals surface area contributed by atoms with Gasteiger partial charge in [0.1, 0.15) is 5.78 Å². The molecule has 1 saturated carbocycles. The van der Waals surface area contributed by atoms with Crippen LogP contribution in [0, 0.1) is 0 Å². The Hall–Kier alpha value is -1.58. The van der Waals surface area contributed by atoms with E-state index in [4.69, 9.17) is 9.47 Å². The number of hydrogen-bond donors (Lipinski definition) is 0. The van der Waals surface area contributed by atoms with Gasteiger partial charge < -0.3 is 9.47 Å². The van der Waals surface area contributed by atoms with E-state index >= 15 is 0 Å². The van der Waals surface area contributed by atoms with Crippen LogP contribution in [0.2, 0.25) is 0 Å². The Balaban J connectivity index is 1.90. The zero-order valence-corrected chi connectivity index (χ0v) is 13.4. The number of ether oxygens (including phenoxy) is 2. The fourth-order valence-electron chi connectivity index (χ4n) is 2.82. The third-order valence-electron chi connectivity index (χ3n) is 4.18. The highest BCUT2D eigenvalue weighted by Gasteiger charge is 2.22. The van der Waals surface area contributed by atoms with Gasteiger partial charge in [-0.3, -0.25) is 4.79 Å². The van der Waals surface area contributed by atoms with Gasteiger partial charge in [-0.2, -0.15) is 0 Å². The molecule has 0 saturated heterocycles. The first-order chi connectivity index (χ1) is 10.6. The van der Waals surface area contributed by atoms with Crippen LogP contribution >= 0.6 is 0 Å². The van der Waals surface area contributed by atoms with Crippen LogP contribution in [0.4, 0.5) is 0 Å². The number of carbonyl (C=O) groups is 2. The Kier molecular flexibility index (Phi) is 6.69. The summed E-state index contributed by atoms with van der Waals surface area (Å²) in [4.78, 5) is 23.3. The van der Waals surface area contributed by atoms with Crippen molar-refractivity contribution in [2.24, 2.45) is 0 Å². The topological polar surface area (TPSA) is 52.6 Å². The van der Waals surface area contributed by atoms with Crippen molar-refractivity contribution in [2.45, 2.75) is 77.4 Å². The van der Waals surface area contributed by atoms with Gasteiger partial charge >= 0.3 is 5.97 Å². The van der Waals surface area contributed by atoms with Crippen molar-refractivity contribution in [3.63, 3.8) is 0 Å². The van der Waals surface area contributed by atoms with Crippen molar-refractivity contribution in [2.75, 3.05) is 0 Å². The van der Waals surface area contributed by atoms with Crippen LogP contribution < -0.4 is 0 Å². The molecule has 122 valence electrons. The maximum absolute atomic E-state index is 12.0. The lowest BCUT2D eigenvalue weighted by molar-refractivity contribution is -0.152. The van der Waals surface area contributed by atoms with Crippen LogP contribution in [0.25, 0.3) is 0 Å².